The van der Waals surface area contributed by atoms with Crippen LogP contribution in [0.5, 0.6) is 5.75 Å². The predicted octanol–water partition coefficient (Wildman–Crippen LogP) is 3.31. The second-order valence-electron chi connectivity index (χ2n) is 9.64. The summed E-state index contributed by atoms with van der Waals surface area (Å²) in [5.74, 6) is 1.05. The van der Waals surface area contributed by atoms with Gasteiger partial charge in [-0.2, -0.15) is 0 Å². The summed E-state index contributed by atoms with van der Waals surface area (Å²) in [6.45, 7) is 7.05. The molecular formula is C25H30N4O5. The molecule has 2 aliphatic heterocycles. The molecule has 3 aromatic heterocycles. The molecule has 5 rings (SSSR count). The van der Waals surface area contributed by atoms with Crippen molar-refractivity contribution in [2.45, 2.75) is 51.2 Å². The standard InChI is InChI=1S/C25H30N4O5/c1-15(30)28-22-10-17-18(12-26-20(17)13-27-22)19-11-21(33-9-5-24(2,3)31)16-4-7-34-25(23(16)29-19)6-8-32-14-25/h10-13,26,31H,4-9,14H2,1-3H3,(H,27,28,30). The Labute approximate surface area is 197 Å². The van der Waals surface area contributed by atoms with Crippen molar-refractivity contribution in [1.29, 1.82) is 0 Å². The van der Waals surface area contributed by atoms with Crippen LogP contribution in [0.4, 0.5) is 5.82 Å². The van der Waals surface area contributed by atoms with Crippen LogP contribution >= 0.6 is 0 Å². The Kier molecular flexibility index (Phi) is 5.79. The van der Waals surface area contributed by atoms with E-state index in [0.717, 1.165) is 45.6 Å². The fourth-order valence-electron chi connectivity index (χ4n) is 4.59. The third-order valence-corrected chi connectivity index (χ3v) is 6.35. The number of hydrogen-bond donors (Lipinski definition) is 3. The lowest BCUT2D eigenvalue weighted by Gasteiger charge is -2.34. The Bertz CT molecular complexity index is 1220. The maximum Gasteiger partial charge on any atom is 0.222 e. The highest BCUT2D eigenvalue weighted by Gasteiger charge is 2.44. The first-order chi connectivity index (χ1) is 16.2. The molecule has 0 aromatic carbocycles. The maximum absolute atomic E-state index is 11.5. The number of pyridine rings is 2. The highest BCUT2D eigenvalue weighted by atomic mass is 16.6. The van der Waals surface area contributed by atoms with E-state index in [1.165, 1.54) is 6.92 Å². The van der Waals surface area contributed by atoms with Gasteiger partial charge in [0.2, 0.25) is 5.91 Å². The summed E-state index contributed by atoms with van der Waals surface area (Å²) in [6.07, 6.45) is 5.53. The van der Waals surface area contributed by atoms with E-state index in [2.05, 4.69) is 15.3 Å². The normalized spacial score (nSPS) is 20.0. The van der Waals surface area contributed by atoms with Crippen molar-refractivity contribution in [2.24, 2.45) is 0 Å². The van der Waals surface area contributed by atoms with E-state index < -0.39 is 11.2 Å². The monoisotopic (exact) mass is 466 g/mol. The van der Waals surface area contributed by atoms with Crippen LogP contribution in [0.15, 0.2) is 24.5 Å². The molecule has 9 nitrogen and oxygen atoms in total. The number of anilines is 1. The van der Waals surface area contributed by atoms with E-state index in [1.807, 2.05) is 18.3 Å². The van der Waals surface area contributed by atoms with Gasteiger partial charge in [0, 0.05) is 61.6 Å². The van der Waals surface area contributed by atoms with E-state index >= 15 is 0 Å². The lowest BCUT2D eigenvalue weighted by Crippen LogP contribution is -2.37. The molecule has 9 heteroatoms. The number of amides is 1. The van der Waals surface area contributed by atoms with Crippen molar-refractivity contribution >= 4 is 22.6 Å². The number of rotatable bonds is 6. The number of aliphatic hydroxyl groups is 1. The summed E-state index contributed by atoms with van der Waals surface area (Å²) in [4.78, 5) is 24.2. The van der Waals surface area contributed by atoms with Crippen molar-refractivity contribution in [1.82, 2.24) is 15.0 Å². The van der Waals surface area contributed by atoms with E-state index in [-0.39, 0.29) is 5.91 Å². The molecule has 180 valence electrons. The Morgan fingerprint density at radius 2 is 2.21 bits per heavy atom. The van der Waals surface area contributed by atoms with E-state index in [4.69, 9.17) is 19.2 Å². The van der Waals surface area contributed by atoms with Crippen molar-refractivity contribution in [3.63, 3.8) is 0 Å². The highest BCUT2D eigenvalue weighted by molar-refractivity contribution is 5.97. The first kappa shape index (κ1) is 22.8. The van der Waals surface area contributed by atoms with Gasteiger partial charge in [-0.15, -0.1) is 0 Å². The van der Waals surface area contributed by atoms with E-state index in [1.54, 1.807) is 20.0 Å². The molecule has 5 heterocycles. The van der Waals surface area contributed by atoms with Gasteiger partial charge in [0.05, 0.1) is 48.5 Å². The number of nitrogens with zero attached hydrogens (tertiary/aromatic N) is 2. The first-order valence-corrected chi connectivity index (χ1v) is 11.6. The fourth-order valence-corrected chi connectivity index (χ4v) is 4.59. The molecule has 1 amide bonds. The Morgan fingerprint density at radius 3 is 2.94 bits per heavy atom. The van der Waals surface area contributed by atoms with Crippen LogP contribution < -0.4 is 10.1 Å². The third kappa shape index (κ3) is 4.38. The number of aromatic nitrogens is 3. The second-order valence-corrected chi connectivity index (χ2v) is 9.64. The molecule has 3 aromatic rings. The van der Waals surface area contributed by atoms with Crippen LogP contribution in [0.25, 0.3) is 22.2 Å². The quantitative estimate of drug-likeness (QED) is 0.510. The van der Waals surface area contributed by atoms with Crippen molar-refractivity contribution in [2.75, 3.05) is 31.7 Å². The average molecular weight is 467 g/mol. The largest absolute Gasteiger partial charge is 0.493 e. The lowest BCUT2D eigenvalue weighted by molar-refractivity contribution is -0.114. The van der Waals surface area contributed by atoms with Crippen LogP contribution in [0.2, 0.25) is 0 Å². The minimum Gasteiger partial charge on any atom is -0.493 e. The van der Waals surface area contributed by atoms with Crippen LogP contribution in [0.3, 0.4) is 0 Å². The fraction of sp³-hybridized carbons (Fsp3) is 0.480. The summed E-state index contributed by atoms with van der Waals surface area (Å²) in [7, 11) is 0. The molecule has 3 N–H and O–H groups in total. The summed E-state index contributed by atoms with van der Waals surface area (Å²) in [5, 5.41) is 13.8. The molecule has 1 saturated heterocycles. The van der Waals surface area contributed by atoms with Gasteiger partial charge >= 0.3 is 0 Å². The van der Waals surface area contributed by atoms with Gasteiger partial charge in [0.1, 0.15) is 17.2 Å². The number of nitrogens with one attached hydrogen (secondary N) is 2. The Hall–Kier alpha value is -3.01. The van der Waals surface area contributed by atoms with Gasteiger partial charge in [0.15, 0.2) is 0 Å². The molecule has 1 unspecified atom stereocenters. The van der Waals surface area contributed by atoms with Crippen molar-refractivity contribution in [3.05, 3.63) is 35.8 Å². The number of hydrogen-bond acceptors (Lipinski definition) is 7. The SMILES string of the molecule is CC(=O)Nc1cc2c(-c3cc(OCCC(C)(C)O)c4c(n3)C3(CCOC3)OCC4)c[nH]c2cn1. The zero-order valence-electron chi connectivity index (χ0n) is 19.7. The predicted molar refractivity (Wildman–Crippen MR) is 127 cm³/mol. The summed E-state index contributed by atoms with van der Waals surface area (Å²) >= 11 is 0. The number of H-pyrrole nitrogens is 1. The molecule has 0 bridgehead atoms. The van der Waals surface area contributed by atoms with Gasteiger partial charge in [-0.05, 0) is 19.9 Å². The molecule has 0 aliphatic carbocycles. The molecule has 2 aliphatic rings. The minimum absolute atomic E-state index is 0.182. The number of fused-ring (bicyclic) bond motifs is 3. The zero-order chi connectivity index (χ0) is 23.9. The summed E-state index contributed by atoms with van der Waals surface area (Å²) < 4.78 is 18.2. The summed E-state index contributed by atoms with van der Waals surface area (Å²) in [5.41, 5.74) is 2.95. The van der Waals surface area contributed by atoms with Crippen LogP contribution in [-0.4, -0.2) is 58.0 Å². The smallest absolute Gasteiger partial charge is 0.222 e. The summed E-state index contributed by atoms with van der Waals surface area (Å²) in [6, 6.07) is 3.79. The third-order valence-electron chi connectivity index (χ3n) is 6.35. The number of carbonyl (C=O) groups is 1. The molecule has 1 spiro atoms. The van der Waals surface area contributed by atoms with E-state index in [0.29, 0.717) is 45.1 Å². The van der Waals surface area contributed by atoms with Gasteiger partial charge in [-0.1, -0.05) is 0 Å². The number of ether oxygens (including phenoxy) is 3. The number of carbonyl (C=O) groups excluding carboxylic acids is 1. The molecule has 0 radical (unpaired) electrons. The molecule has 1 fully saturated rings. The van der Waals surface area contributed by atoms with Crippen LogP contribution in [0.1, 0.15) is 44.9 Å². The van der Waals surface area contributed by atoms with Crippen LogP contribution in [0, 0.1) is 0 Å². The topological polar surface area (TPSA) is 119 Å². The Morgan fingerprint density at radius 1 is 1.35 bits per heavy atom. The Balaban J connectivity index is 1.61. The van der Waals surface area contributed by atoms with E-state index in [9.17, 15) is 9.90 Å². The second kappa shape index (κ2) is 8.65. The molecule has 34 heavy (non-hydrogen) atoms. The number of aromatic amines is 1. The highest BCUT2D eigenvalue weighted by Crippen LogP contribution is 2.44. The van der Waals surface area contributed by atoms with Gasteiger partial charge in [-0.3, -0.25) is 4.79 Å². The first-order valence-electron chi connectivity index (χ1n) is 11.6. The van der Waals surface area contributed by atoms with Crippen LogP contribution in [-0.2, 0) is 26.3 Å². The van der Waals surface area contributed by atoms with Gasteiger partial charge < -0.3 is 29.6 Å². The van der Waals surface area contributed by atoms with Gasteiger partial charge in [-0.25, -0.2) is 9.97 Å². The molecule has 0 saturated carbocycles. The van der Waals surface area contributed by atoms with Gasteiger partial charge in [0.25, 0.3) is 0 Å². The van der Waals surface area contributed by atoms with Crippen molar-refractivity contribution < 1.29 is 24.1 Å². The molecule has 1 atom stereocenters. The lowest BCUT2D eigenvalue weighted by atomic mass is 9.89. The molecular weight excluding hydrogens is 436 g/mol. The maximum atomic E-state index is 11.5. The minimum atomic E-state index is -0.816. The zero-order valence-corrected chi connectivity index (χ0v) is 19.7. The van der Waals surface area contributed by atoms with Crippen molar-refractivity contribution in [3.8, 4) is 17.0 Å². The average Bonchev–Trinajstić information content (AvgIpc) is 3.40.